The van der Waals surface area contributed by atoms with Crippen LogP contribution in [0.1, 0.15) is 48.8 Å². The van der Waals surface area contributed by atoms with Gasteiger partial charge in [-0.3, -0.25) is 9.79 Å². The number of nitrogens with one attached hydrogen (secondary N) is 4. The van der Waals surface area contributed by atoms with Gasteiger partial charge >= 0.3 is 0 Å². The van der Waals surface area contributed by atoms with E-state index in [9.17, 15) is 4.79 Å². The molecule has 1 aromatic carbocycles. The fourth-order valence-electron chi connectivity index (χ4n) is 3.89. The molecule has 6 N–H and O–H groups in total. The predicted octanol–water partition coefficient (Wildman–Crippen LogP) is 3.49. The van der Waals surface area contributed by atoms with E-state index in [4.69, 9.17) is 10.5 Å². The molecule has 2 aromatic rings. The second-order valence-corrected chi connectivity index (χ2v) is 10.1. The molecule has 1 atom stereocenters. The summed E-state index contributed by atoms with van der Waals surface area (Å²) in [7, 11) is 3.48. The highest BCUT2D eigenvalue weighted by molar-refractivity contribution is 6.11. The van der Waals surface area contributed by atoms with Gasteiger partial charge in [0.2, 0.25) is 5.95 Å². The summed E-state index contributed by atoms with van der Waals surface area (Å²) in [6, 6.07) is 5.38. The van der Waals surface area contributed by atoms with Crippen LogP contribution >= 0.6 is 0 Å². The van der Waals surface area contributed by atoms with Gasteiger partial charge in [-0.1, -0.05) is 33.4 Å². The van der Waals surface area contributed by atoms with E-state index in [-0.39, 0.29) is 23.2 Å². The number of aryl methyl sites for hydroxylation is 1. The second-order valence-electron chi connectivity index (χ2n) is 10.1. The number of hydrogen-bond donors (Lipinski definition) is 5. The monoisotopic (exact) mass is 533 g/mol. The molecule has 1 amide bonds. The Hall–Kier alpha value is -4.25. The maximum Gasteiger partial charge on any atom is 0.256 e. The van der Waals surface area contributed by atoms with Crippen molar-refractivity contribution in [2.75, 3.05) is 37.9 Å². The van der Waals surface area contributed by atoms with Crippen LogP contribution in [-0.2, 0) is 4.74 Å². The number of aliphatic imine (C=N–C) groups is 2. The highest BCUT2D eigenvalue weighted by Crippen LogP contribution is 2.24. The van der Waals surface area contributed by atoms with Crippen LogP contribution in [0.25, 0.3) is 0 Å². The normalized spacial score (nSPS) is 16.6. The average Bonchev–Trinajstić information content (AvgIpc) is 3.40. The van der Waals surface area contributed by atoms with E-state index in [1.165, 1.54) is 6.20 Å². The molecule has 208 valence electrons. The summed E-state index contributed by atoms with van der Waals surface area (Å²) in [4.78, 5) is 30.9. The van der Waals surface area contributed by atoms with Crippen LogP contribution in [-0.4, -0.2) is 60.9 Å². The Balaban J connectivity index is 1.89. The molecule has 39 heavy (non-hydrogen) atoms. The molecule has 1 fully saturated rings. The van der Waals surface area contributed by atoms with Crippen molar-refractivity contribution >= 4 is 34.9 Å². The number of carbonyl (C=O) groups is 1. The number of amides is 1. The van der Waals surface area contributed by atoms with Crippen LogP contribution in [0.3, 0.4) is 0 Å². The molecule has 1 saturated heterocycles. The third-order valence-corrected chi connectivity index (χ3v) is 6.10. The lowest BCUT2D eigenvalue weighted by Gasteiger charge is -2.23. The summed E-state index contributed by atoms with van der Waals surface area (Å²) >= 11 is 0. The lowest BCUT2D eigenvalue weighted by molar-refractivity contribution is 0.0977. The van der Waals surface area contributed by atoms with Crippen molar-refractivity contribution in [2.45, 2.75) is 40.2 Å². The van der Waals surface area contributed by atoms with E-state index in [1.54, 1.807) is 25.4 Å². The van der Waals surface area contributed by atoms with Crippen LogP contribution in [0.5, 0.6) is 0 Å². The van der Waals surface area contributed by atoms with Crippen molar-refractivity contribution < 1.29 is 9.53 Å². The third kappa shape index (κ3) is 7.87. The molecule has 1 aliphatic rings. The summed E-state index contributed by atoms with van der Waals surface area (Å²) < 4.78 is 5.42. The quantitative estimate of drug-likeness (QED) is 0.243. The largest absolute Gasteiger partial charge is 0.391 e. The van der Waals surface area contributed by atoms with E-state index in [1.807, 2.05) is 26.1 Å². The van der Waals surface area contributed by atoms with Crippen LogP contribution in [0.15, 0.2) is 58.9 Å². The molecule has 11 heteroatoms. The number of amidine groups is 2. The minimum Gasteiger partial charge on any atom is -0.391 e. The number of nitrogens with two attached hydrogens (primary N) is 1. The van der Waals surface area contributed by atoms with Crippen molar-refractivity contribution in [3.05, 3.63) is 65.8 Å². The fourth-order valence-corrected chi connectivity index (χ4v) is 3.89. The summed E-state index contributed by atoms with van der Waals surface area (Å²) in [6.45, 7) is 13.1. The van der Waals surface area contributed by atoms with E-state index < -0.39 is 0 Å². The fraction of sp³-hybridized carbons (Fsp3) is 0.393. The van der Waals surface area contributed by atoms with Gasteiger partial charge < -0.3 is 31.7 Å². The summed E-state index contributed by atoms with van der Waals surface area (Å²) in [6.07, 6.45) is 5.84. The topological polar surface area (TPSA) is 151 Å². The maximum atomic E-state index is 13.1. The van der Waals surface area contributed by atoms with Gasteiger partial charge in [0.15, 0.2) is 5.84 Å². The van der Waals surface area contributed by atoms with Gasteiger partial charge in [0.25, 0.3) is 5.91 Å². The van der Waals surface area contributed by atoms with Gasteiger partial charge in [-0.25, -0.2) is 15.0 Å². The molecule has 3 rings (SSSR count). The van der Waals surface area contributed by atoms with Crippen LogP contribution < -0.4 is 27.0 Å². The number of rotatable bonds is 9. The van der Waals surface area contributed by atoms with Crippen molar-refractivity contribution in [1.82, 2.24) is 20.6 Å². The van der Waals surface area contributed by atoms with E-state index in [0.29, 0.717) is 47.6 Å². The molecule has 0 radical (unpaired) electrons. The Morgan fingerprint density at radius 2 is 2.08 bits per heavy atom. The van der Waals surface area contributed by atoms with Gasteiger partial charge in [-0.05, 0) is 43.3 Å². The van der Waals surface area contributed by atoms with Gasteiger partial charge in [-0.2, -0.15) is 0 Å². The number of ether oxygens (including phenoxy) is 1. The molecule has 1 aliphatic heterocycles. The molecule has 0 bridgehead atoms. The number of allylic oxidation sites excluding steroid dienone is 1. The number of hydrogen-bond acceptors (Lipinski definition) is 9. The summed E-state index contributed by atoms with van der Waals surface area (Å²) in [5.41, 5.74) is 10.0. The molecule has 2 heterocycles. The SMILES string of the molecule is C=CNc1cnc(NC2CCOC2)nc1C(N)=Nc1cc(C(=O)NC(C=C(NC)C(C)(C)C)=NC)ccc1C. The third-order valence-electron chi connectivity index (χ3n) is 6.10. The number of benzene rings is 1. The zero-order valence-electron chi connectivity index (χ0n) is 23.6. The van der Waals surface area contributed by atoms with E-state index in [2.05, 4.69) is 68.6 Å². The van der Waals surface area contributed by atoms with Crippen molar-refractivity contribution in [1.29, 1.82) is 0 Å². The molecular formula is C28H39N9O2. The van der Waals surface area contributed by atoms with Gasteiger partial charge in [-0.15, -0.1) is 0 Å². The standard InChI is InChI=1S/C28H39N9O2/c1-8-32-21-15-33-27(34-19-11-12-39-16-19)37-24(21)25(29)35-20-13-18(10-9-17(20)2)26(38)36-23(31-7)14-22(30-6)28(3,4)5/h8-10,13-15,19,30,32H,1,11-12,16H2,2-7H3,(H2,29,35)(H,31,36,38)(H,33,34,37). The first-order chi connectivity index (χ1) is 18.5. The molecule has 1 aromatic heterocycles. The van der Waals surface area contributed by atoms with Gasteiger partial charge in [0, 0.05) is 37.4 Å². The summed E-state index contributed by atoms with van der Waals surface area (Å²) in [5, 5.41) is 12.3. The Morgan fingerprint density at radius 3 is 2.69 bits per heavy atom. The Bertz CT molecular complexity index is 1290. The highest BCUT2D eigenvalue weighted by Gasteiger charge is 2.19. The minimum absolute atomic E-state index is 0.130. The van der Waals surface area contributed by atoms with E-state index >= 15 is 0 Å². The van der Waals surface area contributed by atoms with Crippen LogP contribution in [0, 0.1) is 12.3 Å². The minimum atomic E-state index is -0.312. The molecule has 1 unspecified atom stereocenters. The zero-order chi connectivity index (χ0) is 28.6. The smallest absolute Gasteiger partial charge is 0.256 e. The van der Waals surface area contributed by atoms with Gasteiger partial charge in [0.05, 0.1) is 30.2 Å². The Kier molecular flexibility index (Phi) is 9.78. The lowest BCUT2D eigenvalue weighted by Crippen LogP contribution is -2.31. The Morgan fingerprint density at radius 1 is 1.31 bits per heavy atom. The van der Waals surface area contributed by atoms with Crippen molar-refractivity contribution in [3.8, 4) is 0 Å². The van der Waals surface area contributed by atoms with Crippen LogP contribution in [0.4, 0.5) is 17.3 Å². The number of carbonyl (C=O) groups excluding carboxylic acids is 1. The Labute approximate surface area is 230 Å². The van der Waals surface area contributed by atoms with Crippen molar-refractivity contribution in [2.24, 2.45) is 21.1 Å². The first-order valence-corrected chi connectivity index (χ1v) is 12.8. The van der Waals surface area contributed by atoms with E-state index in [0.717, 1.165) is 17.7 Å². The average molecular weight is 534 g/mol. The molecule has 0 saturated carbocycles. The van der Waals surface area contributed by atoms with Crippen molar-refractivity contribution in [3.63, 3.8) is 0 Å². The summed E-state index contributed by atoms with van der Waals surface area (Å²) in [5.74, 6) is 0.718. The second kappa shape index (κ2) is 13.0. The van der Waals surface area contributed by atoms with Gasteiger partial charge in [0.1, 0.15) is 11.5 Å². The molecule has 0 aliphatic carbocycles. The number of nitrogens with zero attached hydrogens (tertiary/aromatic N) is 4. The molecule has 11 nitrogen and oxygen atoms in total. The first kappa shape index (κ1) is 29.3. The molecular weight excluding hydrogens is 494 g/mol. The number of anilines is 2. The molecule has 0 spiro atoms. The number of aromatic nitrogens is 2. The highest BCUT2D eigenvalue weighted by atomic mass is 16.5. The maximum absolute atomic E-state index is 13.1. The zero-order valence-corrected chi connectivity index (χ0v) is 23.6. The lowest BCUT2D eigenvalue weighted by atomic mass is 9.91. The first-order valence-electron chi connectivity index (χ1n) is 12.8. The predicted molar refractivity (Wildman–Crippen MR) is 158 cm³/mol. The van der Waals surface area contributed by atoms with Crippen LogP contribution in [0.2, 0.25) is 0 Å².